The molecule has 2 aromatic heterocycles. The maximum Gasteiger partial charge on any atom is 0.276 e. The average molecular weight is 314 g/mol. The van der Waals surface area contributed by atoms with Crippen LogP contribution >= 0.6 is 0 Å². The Morgan fingerprint density at radius 1 is 1.35 bits per heavy atom. The lowest BCUT2D eigenvalue weighted by Crippen LogP contribution is -2.48. The number of hydrogen-bond donors (Lipinski definition) is 1. The summed E-state index contributed by atoms with van der Waals surface area (Å²) in [7, 11) is 0. The summed E-state index contributed by atoms with van der Waals surface area (Å²) in [6, 6.07) is 5.63. The van der Waals surface area contributed by atoms with E-state index in [1.165, 1.54) is 0 Å². The second-order valence-electron chi connectivity index (χ2n) is 6.83. The van der Waals surface area contributed by atoms with Crippen molar-refractivity contribution in [2.45, 2.75) is 32.2 Å². The van der Waals surface area contributed by atoms with E-state index < -0.39 is 0 Å². The SMILES string of the molecule is CC(C)(C)c1cc(C(=O)N2CCNCC2c2ccncc2)no1. The van der Waals surface area contributed by atoms with Crippen LogP contribution in [0.3, 0.4) is 0 Å². The van der Waals surface area contributed by atoms with Crippen molar-refractivity contribution in [3.8, 4) is 0 Å². The number of carbonyl (C=O) groups is 1. The van der Waals surface area contributed by atoms with Crippen LogP contribution in [0.4, 0.5) is 0 Å². The molecule has 1 aliphatic rings. The van der Waals surface area contributed by atoms with Gasteiger partial charge < -0.3 is 14.7 Å². The molecule has 0 spiro atoms. The molecule has 0 aliphatic carbocycles. The van der Waals surface area contributed by atoms with Gasteiger partial charge in [0, 0.05) is 43.5 Å². The fourth-order valence-corrected chi connectivity index (χ4v) is 2.71. The van der Waals surface area contributed by atoms with Crippen molar-refractivity contribution in [3.63, 3.8) is 0 Å². The van der Waals surface area contributed by atoms with Crippen molar-refractivity contribution >= 4 is 5.91 Å². The molecule has 6 nitrogen and oxygen atoms in total. The minimum atomic E-state index is -0.167. The monoisotopic (exact) mass is 314 g/mol. The predicted molar refractivity (Wildman–Crippen MR) is 86.1 cm³/mol. The van der Waals surface area contributed by atoms with Crippen molar-refractivity contribution in [1.82, 2.24) is 20.4 Å². The maximum atomic E-state index is 12.9. The number of carbonyl (C=O) groups excluding carboxylic acids is 1. The molecule has 3 heterocycles. The summed E-state index contributed by atoms with van der Waals surface area (Å²) in [4.78, 5) is 18.8. The lowest BCUT2D eigenvalue weighted by Gasteiger charge is -2.36. The zero-order valence-electron chi connectivity index (χ0n) is 13.7. The Morgan fingerprint density at radius 2 is 2.09 bits per heavy atom. The van der Waals surface area contributed by atoms with Gasteiger partial charge in [0.25, 0.3) is 5.91 Å². The van der Waals surface area contributed by atoms with E-state index in [-0.39, 0.29) is 17.4 Å². The van der Waals surface area contributed by atoms with Crippen LogP contribution in [0.25, 0.3) is 0 Å². The van der Waals surface area contributed by atoms with Gasteiger partial charge in [-0.15, -0.1) is 0 Å². The molecule has 1 fully saturated rings. The molecule has 0 aromatic carbocycles. The maximum absolute atomic E-state index is 12.9. The summed E-state index contributed by atoms with van der Waals surface area (Å²) < 4.78 is 5.36. The van der Waals surface area contributed by atoms with Gasteiger partial charge in [-0.1, -0.05) is 25.9 Å². The molecular formula is C17H22N4O2. The Balaban J connectivity index is 1.86. The molecule has 3 rings (SSSR count). The van der Waals surface area contributed by atoms with E-state index in [1.54, 1.807) is 18.5 Å². The van der Waals surface area contributed by atoms with Crippen LogP contribution in [-0.4, -0.2) is 40.6 Å². The number of aromatic nitrogens is 2. The Hall–Kier alpha value is -2.21. The number of nitrogens with zero attached hydrogens (tertiary/aromatic N) is 3. The first-order valence-corrected chi connectivity index (χ1v) is 7.85. The van der Waals surface area contributed by atoms with E-state index in [0.29, 0.717) is 12.2 Å². The number of piperazine rings is 1. The normalized spacial score (nSPS) is 18.9. The second kappa shape index (κ2) is 6.12. The average Bonchev–Trinajstić information content (AvgIpc) is 3.05. The molecule has 1 amide bonds. The van der Waals surface area contributed by atoms with Gasteiger partial charge in [-0.25, -0.2) is 0 Å². The van der Waals surface area contributed by atoms with Crippen LogP contribution in [0.15, 0.2) is 35.1 Å². The van der Waals surface area contributed by atoms with E-state index in [2.05, 4.69) is 15.5 Å². The molecule has 1 saturated heterocycles. The first kappa shape index (κ1) is 15.7. The van der Waals surface area contributed by atoms with Gasteiger partial charge in [0.05, 0.1) is 6.04 Å². The van der Waals surface area contributed by atoms with E-state index in [9.17, 15) is 4.79 Å². The van der Waals surface area contributed by atoms with Crippen LogP contribution < -0.4 is 5.32 Å². The van der Waals surface area contributed by atoms with Gasteiger partial charge in [-0.2, -0.15) is 0 Å². The van der Waals surface area contributed by atoms with E-state index in [0.717, 1.165) is 24.4 Å². The molecule has 1 N–H and O–H groups in total. The second-order valence-corrected chi connectivity index (χ2v) is 6.83. The summed E-state index contributed by atoms with van der Waals surface area (Å²) in [5, 5.41) is 7.33. The third-order valence-corrected chi connectivity index (χ3v) is 4.06. The first-order valence-electron chi connectivity index (χ1n) is 7.85. The highest BCUT2D eigenvalue weighted by molar-refractivity contribution is 5.92. The molecule has 0 radical (unpaired) electrons. The third-order valence-electron chi connectivity index (χ3n) is 4.06. The first-order chi connectivity index (χ1) is 11.0. The summed E-state index contributed by atoms with van der Waals surface area (Å²) >= 11 is 0. The predicted octanol–water partition coefficient (Wildman–Crippen LogP) is 2.15. The summed E-state index contributed by atoms with van der Waals surface area (Å²) in [5.41, 5.74) is 1.27. The minimum absolute atomic E-state index is 0.0194. The fourth-order valence-electron chi connectivity index (χ4n) is 2.71. The molecule has 0 bridgehead atoms. The van der Waals surface area contributed by atoms with E-state index in [4.69, 9.17) is 4.52 Å². The number of nitrogens with one attached hydrogen (secondary N) is 1. The van der Waals surface area contributed by atoms with Gasteiger partial charge >= 0.3 is 0 Å². The molecule has 0 saturated carbocycles. The molecule has 1 unspecified atom stereocenters. The molecule has 2 aromatic rings. The molecular weight excluding hydrogens is 292 g/mol. The van der Waals surface area contributed by atoms with Gasteiger partial charge in [-0.3, -0.25) is 9.78 Å². The lowest BCUT2D eigenvalue weighted by molar-refractivity contribution is 0.0623. The lowest BCUT2D eigenvalue weighted by atomic mass is 9.93. The van der Waals surface area contributed by atoms with Gasteiger partial charge in [-0.05, 0) is 17.7 Å². The topological polar surface area (TPSA) is 71.3 Å². The van der Waals surface area contributed by atoms with Gasteiger partial charge in [0.15, 0.2) is 5.69 Å². The zero-order chi connectivity index (χ0) is 16.4. The summed E-state index contributed by atoms with van der Waals surface area (Å²) in [5.74, 6) is 0.629. The van der Waals surface area contributed by atoms with Gasteiger partial charge in [0.1, 0.15) is 5.76 Å². The Kier molecular flexibility index (Phi) is 4.17. The number of hydrogen-bond acceptors (Lipinski definition) is 5. The largest absolute Gasteiger partial charge is 0.360 e. The quantitative estimate of drug-likeness (QED) is 0.919. The highest BCUT2D eigenvalue weighted by Gasteiger charge is 2.31. The molecule has 1 aliphatic heterocycles. The Bertz CT molecular complexity index is 675. The zero-order valence-corrected chi connectivity index (χ0v) is 13.7. The van der Waals surface area contributed by atoms with Crippen LogP contribution in [0.1, 0.15) is 48.6 Å². The number of pyridine rings is 1. The van der Waals surface area contributed by atoms with E-state index in [1.807, 2.05) is 37.8 Å². The van der Waals surface area contributed by atoms with Crippen LogP contribution in [-0.2, 0) is 5.41 Å². The fraction of sp³-hybridized carbons (Fsp3) is 0.471. The van der Waals surface area contributed by atoms with Crippen molar-refractivity contribution < 1.29 is 9.32 Å². The smallest absolute Gasteiger partial charge is 0.276 e. The highest BCUT2D eigenvalue weighted by atomic mass is 16.5. The minimum Gasteiger partial charge on any atom is -0.360 e. The molecule has 6 heteroatoms. The standard InChI is InChI=1S/C17H22N4O2/c1-17(2,3)15-10-13(20-23-15)16(22)21-9-8-19-11-14(21)12-4-6-18-7-5-12/h4-7,10,14,19H,8-9,11H2,1-3H3. The van der Waals surface area contributed by atoms with Crippen molar-refractivity contribution in [2.75, 3.05) is 19.6 Å². The van der Waals surface area contributed by atoms with E-state index >= 15 is 0 Å². The van der Waals surface area contributed by atoms with Crippen molar-refractivity contribution in [2.24, 2.45) is 0 Å². The Labute approximate surface area is 135 Å². The number of rotatable bonds is 2. The van der Waals surface area contributed by atoms with Crippen LogP contribution in [0, 0.1) is 0 Å². The molecule has 122 valence electrons. The van der Waals surface area contributed by atoms with Crippen LogP contribution in [0.2, 0.25) is 0 Å². The molecule has 1 atom stereocenters. The molecule has 23 heavy (non-hydrogen) atoms. The third kappa shape index (κ3) is 3.27. The van der Waals surface area contributed by atoms with Crippen molar-refractivity contribution in [3.05, 3.63) is 47.6 Å². The summed E-state index contributed by atoms with van der Waals surface area (Å²) in [6.07, 6.45) is 3.50. The van der Waals surface area contributed by atoms with Crippen molar-refractivity contribution in [1.29, 1.82) is 0 Å². The highest BCUT2D eigenvalue weighted by Crippen LogP contribution is 2.26. The van der Waals surface area contributed by atoms with Gasteiger partial charge in [0.2, 0.25) is 0 Å². The summed E-state index contributed by atoms with van der Waals surface area (Å²) in [6.45, 7) is 8.24. The number of amides is 1. The Morgan fingerprint density at radius 3 is 2.74 bits per heavy atom. The van der Waals surface area contributed by atoms with Crippen LogP contribution in [0.5, 0.6) is 0 Å².